The van der Waals surface area contributed by atoms with Gasteiger partial charge in [0.15, 0.2) is 11.6 Å². The second-order valence-electron chi connectivity index (χ2n) is 14.5. The van der Waals surface area contributed by atoms with Gasteiger partial charge in [0.2, 0.25) is 0 Å². The fourth-order valence-corrected chi connectivity index (χ4v) is 9.52. The first-order chi connectivity index (χ1) is 20.6. The van der Waals surface area contributed by atoms with E-state index in [4.69, 9.17) is 33.2 Å². The molecule has 9 nitrogen and oxygen atoms in total. The average molecular weight is 613 g/mol. The summed E-state index contributed by atoms with van der Waals surface area (Å²) >= 11 is 0. The van der Waals surface area contributed by atoms with E-state index in [1.165, 1.54) is 12.8 Å². The Morgan fingerprint density at radius 2 is 1.37 bits per heavy atom. The van der Waals surface area contributed by atoms with Crippen molar-refractivity contribution in [2.45, 2.75) is 151 Å². The van der Waals surface area contributed by atoms with Crippen molar-refractivity contribution in [3.05, 3.63) is 0 Å². The summed E-state index contributed by atoms with van der Waals surface area (Å²) in [5.41, 5.74) is -0.678. The van der Waals surface area contributed by atoms with Crippen LogP contribution in [0, 0.1) is 17.8 Å². The Balaban J connectivity index is 0.998. The molecule has 0 aromatic rings. The van der Waals surface area contributed by atoms with Crippen LogP contribution in [0.5, 0.6) is 0 Å². The molecule has 0 N–H and O–H groups in total. The first-order valence-electron chi connectivity index (χ1n) is 16.6. The molecule has 8 fully saturated rings. The predicted octanol–water partition coefficient (Wildman–Crippen LogP) is 5.21. The molecule has 4 atom stereocenters. The van der Waals surface area contributed by atoms with Crippen molar-refractivity contribution in [1.29, 1.82) is 0 Å². The minimum atomic E-state index is -3.53. The van der Waals surface area contributed by atoms with E-state index in [1.54, 1.807) is 0 Å². The van der Waals surface area contributed by atoms with Crippen LogP contribution in [-0.4, -0.2) is 79.3 Å². The van der Waals surface area contributed by atoms with Crippen LogP contribution in [0.1, 0.15) is 103 Å². The number of halogens is 2. The highest BCUT2D eigenvalue weighted by molar-refractivity contribution is 5.77. The lowest BCUT2D eigenvalue weighted by molar-refractivity contribution is -0.232. The van der Waals surface area contributed by atoms with Crippen molar-refractivity contribution in [3.8, 4) is 0 Å². The second kappa shape index (κ2) is 11.4. The van der Waals surface area contributed by atoms with Crippen LogP contribution < -0.4 is 0 Å². The van der Waals surface area contributed by atoms with E-state index >= 15 is 0 Å². The zero-order valence-electron chi connectivity index (χ0n) is 25.2. The van der Waals surface area contributed by atoms with Gasteiger partial charge < -0.3 is 33.2 Å². The van der Waals surface area contributed by atoms with E-state index in [2.05, 4.69) is 0 Å². The number of carbonyl (C=O) groups is 2. The highest BCUT2D eigenvalue weighted by atomic mass is 19.3. The maximum absolute atomic E-state index is 13.6. The third-order valence-corrected chi connectivity index (χ3v) is 11.2. The molecule has 2 spiro atoms. The van der Waals surface area contributed by atoms with Gasteiger partial charge in [-0.05, 0) is 63.7 Å². The van der Waals surface area contributed by atoms with E-state index in [0.29, 0.717) is 38.9 Å². The molecule has 6 saturated carbocycles. The summed E-state index contributed by atoms with van der Waals surface area (Å²) in [6, 6.07) is 0. The molecule has 8 aliphatic rings. The SMILES string of the molecule is CC(F)(F)C(=O)OC1C2CC3CC1CC(OC(=O)COC(C1COC4(CCCCC4)O1)C1COC4(CCCCC4)O1)(C3)C2. The normalized spacial score (nSPS) is 40.2. The zero-order valence-corrected chi connectivity index (χ0v) is 25.2. The molecule has 0 radical (unpaired) electrons. The first kappa shape index (κ1) is 30.3. The Morgan fingerprint density at radius 1 is 0.837 bits per heavy atom. The molecule has 8 rings (SSSR count). The largest absolute Gasteiger partial charge is 0.457 e. The molecule has 2 aliphatic heterocycles. The number of hydrogen-bond donors (Lipinski definition) is 0. The number of hydrogen-bond acceptors (Lipinski definition) is 9. The third-order valence-electron chi connectivity index (χ3n) is 11.2. The van der Waals surface area contributed by atoms with Crippen molar-refractivity contribution in [1.82, 2.24) is 0 Å². The molecular weight excluding hydrogens is 566 g/mol. The number of alkyl halides is 2. The Labute approximate surface area is 251 Å². The summed E-state index contributed by atoms with van der Waals surface area (Å²) in [6.45, 7) is 1.06. The van der Waals surface area contributed by atoms with Crippen LogP contribution in [0.15, 0.2) is 0 Å². The Bertz CT molecular complexity index is 998. The van der Waals surface area contributed by atoms with Gasteiger partial charge in [0.25, 0.3) is 0 Å². The molecular formula is C32H46F2O9. The van der Waals surface area contributed by atoms with Gasteiger partial charge in [-0.2, -0.15) is 8.78 Å². The quantitative estimate of drug-likeness (QED) is 0.342. The van der Waals surface area contributed by atoms with Gasteiger partial charge in [0.1, 0.15) is 36.6 Å². The standard InChI is InChI=1S/C32H46F2O9/c1-29(33,34)28(36)40-26-21-12-20-13-22(26)16-30(14-20,15-21)43-25(35)19-37-27(23-17-38-31(41-23)8-4-2-5-9-31)24-18-39-32(42-24)10-6-3-7-11-32/h20-24,26-27H,2-19H2,1H3. The summed E-state index contributed by atoms with van der Waals surface area (Å²) in [4.78, 5) is 25.3. The van der Waals surface area contributed by atoms with Gasteiger partial charge in [-0.3, -0.25) is 0 Å². The Kier molecular flexibility index (Phi) is 8.05. The van der Waals surface area contributed by atoms with Crippen LogP contribution in [0.4, 0.5) is 8.78 Å². The first-order valence-corrected chi connectivity index (χ1v) is 16.6. The van der Waals surface area contributed by atoms with E-state index < -0.39 is 47.2 Å². The monoisotopic (exact) mass is 612 g/mol. The summed E-state index contributed by atoms with van der Waals surface area (Å²) in [5.74, 6) is -6.50. The summed E-state index contributed by atoms with van der Waals surface area (Å²) in [5, 5.41) is 0. The van der Waals surface area contributed by atoms with Crippen LogP contribution in [-0.2, 0) is 42.7 Å². The predicted molar refractivity (Wildman–Crippen MR) is 146 cm³/mol. The van der Waals surface area contributed by atoms with Crippen molar-refractivity contribution < 1.29 is 51.5 Å². The van der Waals surface area contributed by atoms with E-state index in [-0.39, 0.29) is 30.7 Å². The van der Waals surface area contributed by atoms with Crippen molar-refractivity contribution in [3.63, 3.8) is 0 Å². The fourth-order valence-electron chi connectivity index (χ4n) is 9.52. The lowest BCUT2D eigenvalue weighted by atomic mass is 9.53. The molecule has 4 unspecified atom stereocenters. The lowest BCUT2D eigenvalue weighted by Gasteiger charge is -2.58. The van der Waals surface area contributed by atoms with Crippen LogP contribution in [0.3, 0.4) is 0 Å². The van der Waals surface area contributed by atoms with Gasteiger partial charge in [-0.1, -0.05) is 12.8 Å². The number of carbonyl (C=O) groups excluding carboxylic acids is 2. The highest BCUT2D eigenvalue weighted by Gasteiger charge is 2.59. The van der Waals surface area contributed by atoms with E-state index in [1.807, 2.05) is 0 Å². The minimum Gasteiger partial charge on any atom is -0.457 e. The number of rotatable bonds is 8. The van der Waals surface area contributed by atoms with Crippen LogP contribution in [0.25, 0.3) is 0 Å². The van der Waals surface area contributed by atoms with Crippen molar-refractivity contribution >= 4 is 11.9 Å². The van der Waals surface area contributed by atoms with Crippen LogP contribution >= 0.6 is 0 Å². The zero-order chi connectivity index (χ0) is 29.9. The molecule has 4 bridgehead atoms. The van der Waals surface area contributed by atoms with Crippen LogP contribution in [0.2, 0.25) is 0 Å². The number of esters is 2. The molecule has 0 aromatic heterocycles. The molecule has 2 heterocycles. The van der Waals surface area contributed by atoms with Crippen molar-refractivity contribution in [2.75, 3.05) is 19.8 Å². The summed E-state index contributed by atoms with van der Waals surface area (Å²) < 4.78 is 70.5. The smallest absolute Gasteiger partial charge is 0.376 e. The molecule has 2 saturated heterocycles. The summed E-state index contributed by atoms with van der Waals surface area (Å²) in [7, 11) is 0. The third kappa shape index (κ3) is 6.10. The number of ether oxygens (including phenoxy) is 7. The van der Waals surface area contributed by atoms with Gasteiger partial charge in [-0.15, -0.1) is 0 Å². The fraction of sp³-hybridized carbons (Fsp3) is 0.938. The maximum Gasteiger partial charge on any atom is 0.376 e. The van der Waals surface area contributed by atoms with Gasteiger partial charge in [0, 0.05) is 44.4 Å². The molecule has 11 heteroatoms. The van der Waals surface area contributed by atoms with Gasteiger partial charge in [-0.25, -0.2) is 9.59 Å². The molecule has 0 amide bonds. The topological polar surface area (TPSA) is 98.8 Å². The second-order valence-corrected chi connectivity index (χ2v) is 14.5. The van der Waals surface area contributed by atoms with Gasteiger partial charge >= 0.3 is 17.9 Å². The van der Waals surface area contributed by atoms with E-state index in [9.17, 15) is 18.4 Å². The highest BCUT2D eigenvalue weighted by Crippen LogP contribution is 2.58. The van der Waals surface area contributed by atoms with Gasteiger partial charge in [0.05, 0.1) is 13.2 Å². The molecule has 242 valence electrons. The summed E-state index contributed by atoms with van der Waals surface area (Å²) in [6.07, 6.45) is 11.4. The maximum atomic E-state index is 13.6. The lowest BCUT2D eigenvalue weighted by Crippen LogP contribution is -2.60. The molecule has 43 heavy (non-hydrogen) atoms. The Morgan fingerprint density at radius 3 is 1.88 bits per heavy atom. The minimum absolute atomic E-state index is 0.0922. The Hall–Kier alpha value is -1.40. The van der Waals surface area contributed by atoms with E-state index in [0.717, 1.165) is 70.6 Å². The van der Waals surface area contributed by atoms with Crippen molar-refractivity contribution in [2.24, 2.45) is 17.8 Å². The average Bonchev–Trinajstić information content (AvgIpc) is 3.55. The molecule has 0 aromatic carbocycles. The molecule has 6 aliphatic carbocycles.